The number of rotatable bonds is 4. The van der Waals surface area contributed by atoms with Gasteiger partial charge in [0.25, 0.3) is 0 Å². The highest BCUT2D eigenvalue weighted by Gasteiger charge is 2.03. The van der Waals surface area contributed by atoms with E-state index in [1.807, 2.05) is 36.4 Å². The molecule has 0 aliphatic heterocycles. The predicted octanol–water partition coefficient (Wildman–Crippen LogP) is 2.25. The minimum absolute atomic E-state index is 0.0666. The minimum atomic E-state index is 0.0666. The van der Waals surface area contributed by atoms with Gasteiger partial charge in [-0.3, -0.25) is 5.10 Å². The highest BCUT2D eigenvalue weighted by atomic mass is 16.3. The molecule has 3 rings (SSSR count). The summed E-state index contributed by atoms with van der Waals surface area (Å²) in [5, 5.41) is 20.2. The van der Waals surface area contributed by atoms with Gasteiger partial charge in [0.15, 0.2) is 0 Å². The second-order valence-corrected chi connectivity index (χ2v) is 4.72. The van der Waals surface area contributed by atoms with Gasteiger partial charge in [0.05, 0.1) is 29.7 Å². The smallest absolute Gasteiger partial charge is 0.0681 e. The molecule has 1 aromatic heterocycles. The monoisotopic (exact) mass is 268 g/mol. The first-order valence-corrected chi connectivity index (χ1v) is 6.41. The Balaban J connectivity index is 1.76. The number of nitrogen functional groups attached to an aromatic ring is 1. The number of fused-ring (bicyclic) bond motifs is 1. The third-order valence-electron chi connectivity index (χ3n) is 3.30. The van der Waals surface area contributed by atoms with E-state index >= 15 is 0 Å². The molecule has 0 bridgehead atoms. The molecule has 0 radical (unpaired) electrons. The summed E-state index contributed by atoms with van der Waals surface area (Å²) in [4.78, 5) is 0. The lowest BCUT2D eigenvalue weighted by atomic mass is 10.1. The lowest BCUT2D eigenvalue weighted by Gasteiger charge is -2.10. The van der Waals surface area contributed by atoms with Crippen LogP contribution in [0.3, 0.4) is 0 Å². The quantitative estimate of drug-likeness (QED) is 0.547. The molecule has 1 heterocycles. The number of aliphatic hydroxyl groups is 1. The Hall–Kier alpha value is -2.53. The largest absolute Gasteiger partial charge is 0.397 e. The van der Waals surface area contributed by atoms with Crippen LogP contribution in [0, 0.1) is 0 Å². The van der Waals surface area contributed by atoms with Crippen molar-refractivity contribution < 1.29 is 5.11 Å². The van der Waals surface area contributed by atoms with E-state index in [0.717, 1.165) is 27.7 Å². The molecule has 2 aromatic carbocycles. The molecule has 0 spiro atoms. The Kier molecular flexibility index (Phi) is 3.26. The maximum atomic E-state index is 9.01. The molecule has 0 atom stereocenters. The standard InChI is InChI=1S/C15H16N4O/c16-13-5-12-8-18-19-14(12)6-15(13)17-7-10-1-3-11(9-20)4-2-10/h1-6,8,17,20H,7,9,16H2,(H,18,19). The van der Waals surface area contributed by atoms with Crippen molar-refractivity contribution >= 4 is 22.3 Å². The SMILES string of the molecule is Nc1cc2cn[nH]c2cc1NCc1ccc(CO)cc1. The van der Waals surface area contributed by atoms with Gasteiger partial charge in [-0.15, -0.1) is 0 Å². The van der Waals surface area contributed by atoms with Crippen LogP contribution in [0.4, 0.5) is 11.4 Å². The lowest BCUT2D eigenvalue weighted by molar-refractivity contribution is 0.282. The molecule has 102 valence electrons. The van der Waals surface area contributed by atoms with Crippen molar-refractivity contribution in [2.24, 2.45) is 0 Å². The van der Waals surface area contributed by atoms with Crippen LogP contribution in [-0.2, 0) is 13.2 Å². The molecule has 0 amide bonds. The van der Waals surface area contributed by atoms with Crippen LogP contribution in [0.1, 0.15) is 11.1 Å². The van der Waals surface area contributed by atoms with E-state index in [2.05, 4.69) is 15.5 Å². The fraction of sp³-hybridized carbons (Fsp3) is 0.133. The summed E-state index contributed by atoms with van der Waals surface area (Å²) in [5.74, 6) is 0. The van der Waals surface area contributed by atoms with Gasteiger partial charge in [0.1, 0.15) is 0 Å². The van der Waals surface area contributed by atoms with Crippen LogP contribution in [0.2, 0.25) is 0 Å². The van der Waals surface area contributed by atoms with Crippen molar-refractivity contribution in [2.45, 2.75) is 13.2 Å². The van der Waals surface area contributed by atoms with Gasteiger partial charge >= 0.3 is 0 Å². The third kappa shape index (κ3) is 2.44. The van der Waals surface area contributed by atoms with Crippen LogP contribution in [0.5, 0.6) is 0 Å². The highest BCUT2D eigenvalue weighted by molar-refractivity contribution is 5.88. The van der Waals surface area contributed by atoms with E-state index in [1.165, 1.54) is 0 Å². The number of benzene rings is 2. The van der Waals surface area contributed by atoms with Crippen molar-refractivity contribution in [1.29, 1.82) is 0 Å². The number of nitrogens with zero attached hydrogens (tertiary/aromatic N) is 1. The van der Waals surface area contributed by atoms with E-state index in [0.29, 0.717) is 12.2 Å². The molecule has 20 heavy (non-hydrogen) atoms. The number of H-pyrrole nitrogens is 1. The van der Waals surface area contributed by atoms with Crippen molar-refractivity contribution in [1.82, 2.24) is 10.2 Å². The third-order valence-corrected chi connectivity index (χ3v) is 3.30. The fourth-order valence-electron chi connectivity index (χ4n) is 2.12. The number of nitrogens with two attached hydrogens (primary N) is 1. The molecule has 0 unspecified atom stereocenters. The first kappa shape index (κ1) is 12.5. The molecule has 0 saturated carbocycles. The van der Waals surface area contributed by atoms with Gasteiger partial charge in [-0.2, -0.15) is 5.10 Å². The summed E-state index contributed by atoms with van der Waals surface area (Å²) in [7, 11) is 0. The second-order valence-electron chi connectivity index (χ2n) is 4.72. The first-order chi connectivity index (χ1) is 9.76. The number of anilines is 2. The highest BCUT2D eigenvalue weighted by Crippen LogP contribution is 2.25. The summed E-state index contributed by atoms with van der Waals surface area (Å²) in [6.07, 6.45) is 1.75. The Bertz CT molecular complexity index is 718. The van der Waals surface area contributed by atoms with Crippen LogP contribution >= 0.6 is 0 Å². The summed E-state index contributed by atoms with van der Waals surface area (Å²) >= 11 is 0. The van der Waals surface area contributed by atoms with Crippen molar-refractivity contribution in [3.8, 4) is 0 Å². The summed E-state index contributed by atoms with van der Waals surface area (Å²) in [5.41, 5.74) is 10.6. The average Bonchev–Trinajstić information content (AvgIpc) is 2.92. The maximum Gasteiger partial charge on any atom is 0.0681 e. The summed E-state index contributed by atoms with van der Waals surface area (Å²) < 4.78 is 0. The average molecular weight is 268 g/mol. The van der Waals surface area contributed by atoms with E-state index in [-0.39, 0.29) is 6.61 Å². The fourth-order valence-corrected chi connectivity index (χ4v) is 2.12. The normalized spacial score (nSPS) is 10.8. The van der Waals surface area contributed by atoms with E-state index < -0.39 is 0 Å². The zero-order valence-corrected chi connectivity index (χ0v) is 10.9. The molecule has 5 heteroatoms. The van der Waals surface area contributed by atoms with Crippen molar-refractivity contribution in [2.75, 3.05) is 11.1 Å². The molecule has 5 N–H and O–H groups in total. The Morgan fingerprint density at radius 1 is 1.15 bits per heavy atom. The molecule has 5 nitrogen and oxygen atoms in total. The Morgan fingerprint density at radius 2 is 1.90 bits per heavy atom. The molecule has 0 aliphatic rings. The van der Waals surface area contributed by atoms with Gasteiger partial charge in [0.2, 0.25) is 0 Å². The topological polar surface area (TPSA) is 87.0 Å². The maximum absolute atomic E-state index is 9.01. The molecular formula is C15H16N4O. The van der Waals surface area contributed by atoms with Crippen LogP contribution in [-0.4, -0.2) is 15.3 Å². The van der Waals surface area contributed by atoms with E-state index in [9.17, 15) is 0 Å². The molecule has 0 fully saturated rings. The van der Waals surface area contributed by atoms with Gasteiger partial charge in [-0.1, -0.05) is 24.3 Å². The Morgan fingerprint density at radius 3 is 2.65 bits per heavy atom. The molecular weight excluding hydrogens is 252 g/mol. The summed E-state index contributed by atoms with van der Waals surface area (Å²) in [6.45, 7) is 0.743. The van der Waals surface area contributed by atoms with Crippen molar-refractivity contribution in [3.63, 3.8) is 0 Å². The predicted molar refractivity (Wildman–Crippen MR) is 80.2 cm³/mol. The molecule has 0 saturated heterocycles. The second kappa shape index (κ2) is 5.22. The number of aromatic amines is 1. The molecule has 0 aliphatic carbocycles. The van der Waals surface area contributed by atoms with Gasteiger partial charge in [-0.05, 0) is 23.3 Å². The van der Waals surface area contributed by atoms with Crippen LogP contribution < -0.4 is 11.1 Å². The summed E-state index contributed by atoms with van der Waals surface area (Å²) in [6, 6.07) is 11.7. The first-order valence-electron chi connectivity index (χ1n) is 6.41. The van der Waals surface area contributed by atoms with Crippen molar-refractivity contribution in [3.05, 3.63) is 53.7 Å². The molecule has 3 aromatic rings. The minimum Gasteiger partial charge on any atom is -0.397 e. The zero-order chi connectivity index (χ0) is 13.9. The van der Waals surface area contributed by atoms with Crippen LogP contribution in [0.15, 0.2) is 42.6 Å². The van der Waals surface area contributed by atoms with Gasteiger partial charge in [0, 0.05) is 11.9 Å². The van der Waals surface area contributed by atoms with Gasteiger partial charge < -0.3 is 16.2 Å². The Labute approximate surface area is 116 Å². The van der Waals surface area contributed by atoms with Crippen LogP contribution in [0.25, 0.3) is 10.9 Å². The number of hydrogen-bond acceptors (Lipinski definition) is 4. The van der Waals surface area contributed by atoms with Gasteiger partial charge in [-0.25, -0.2) is 0 Å². The van der Waals surface area contributed by atoms with E-state index in [4.69, 9.17) is 10.8 Å². The number of nitrogens with one attached hydrogen (secondary N) is 2. The number of hydrogen-bond donors (Lipinski definition) is 4. The lowest BCUT2D eigenvalue weighted by Crippen LogP contribution is -2.02. The zero-order valence-electron chi connectivity index (χ0n) is 10.9. The number of aromatic nitrogens is 2. The van der Waals surface area contributed by atoms with E-state index in [1.54, 1.807) is 6.20 Å². The number of aliphatic hydroxyl groups excluding tert-OH is 1.